The Balaban J connectivity index is 2.36. The van der Waals surface area contributed by atoms with Crippen LogP contribution in [-0.2, 0) is 7.05 Å². The minimum Gasteiger partial charge on any atom is -0.305 e. The van der Waals surface area contributed by atoms with Crippen molar-refractivity contribution < 1.29 is 4.39 Å². The van der Waals surface area contributed by atoms with E-state index >= 15 is 0 Å². The second-order valence-corrected chi connectivity index (χ2v) is 4.90. The Hall–Kier alpha value is -1.39. The third kappa shape index (κ3) is 3.33. The second-order valence-electron chi connectivity index (χ2n) is 4.47. The van der Waals surface area contributed by atoms with Gasteiger partial charge in [0, 0.05) is 23.8 Å². The van der Waals surface area contributed by atoms with Crippen LogP contribution in [0.15, 0.2) is 30.5 Å². The van der Waals surface area contributed by atoms with E-state index in [9.17, 15) is 4.39 Å². The number of nitrogens with one attached hydrogen (secondary N) is 1. The van der Waals surface area contributed by atoms with E-state index in [-0.39, 0.29) is 11.9 Å². The fourth-order valence-electron chi connectivity index (χ4n) is 1.99. The molecule has 0 bridgehead atoms. The summed E-state index contributed by atoms with van der Waals surface area (Å²) in [5, 5.41) is 8.07. The van der Waals surface area contributed by atoms with Gasteiger partial charge in [-0.15, -0.1) is 0 Å². The number of nitrogens with zero attached hydrogens (tertiary/aromatic N) is 2. The molecule has 1 N–H and O–H groups in total. The summed E-state index contributed by atoms with van der Waals surface area (Å²) in [6, 6.07) is 6.38. The lowest BCUT2D eigenvalue weighted by Crippen LogP contribution is -2.24. The van der Waals surface area contributed by atoms with Gasteiger partial charge in [-0.05, 0) is 31.2 Å². The number of halogens is 2. The monoisotopic (exact) mass is 281 g/mol. The third-order valence-electron chi connectivity index (χ3n) is 2.90. The van der Waals surface area contributed by atoms with Crippen molar-refractivity contribution in [3.8, 4) is 0 Å². The van der Waals surface area contributed by atoms with E-state index in [4.69, 9.17) is 11.6 Å². The first kappa shape index (κ1) is 14.0. The molecule has 0 aliphatic heterocycles. The quantitative estimate of drug-likeness (QED) is 0.911. The number of rotatable bonds is 5. The lowest BCUT2D eigenvalue weighted by molar-refractivity contribution is 0.534. The molecule has 0 amide bonds. The first-order valence-corrected chi connectivity index (χ1v) is 6.67. The van der Waals surface area contributed by atoms with Crippen molar-refractivity contribution in [2.24, 2.45) is 7.05 Å². The molecule has 0 saturated heterocycles. The Morgan fingerprint density at radius 3 is 2.79 bits per heavy atom. The van der Waals surface area contributed by atoms with Crippen molar-refractivity contribution in [3.05, 3.63) is 52.6 Å². The predicted octanol–water partition coefficient (Wildman–Crippen LogP) is 3.30. The molecule has 2 aromatic rings. The molecule has 1 aromatic heterocycles. The smallest absolute Gasteiger partial charge is 0.129 e. The average molecular weight is 282 g/mol. The van der Waals surface area contributed by atoms with Gasteiger partial charge in [-0.25, -0.2) is 4.39 Å². The molecule has 0 fully saturated rings. The maximum Gasteiger partial charge on any atom is 0.129 e. The van der Waals surface area contributed by atoms with E-state index in [0.29, 0.717) is 10.6 Å². The summed E-state index contributed by atoms with van der Waals surface area (Å²) < 4.78 is 15.8. The fraction of sp³-hybridized carbons (Fsp3) is 0.357. The summed E-state index contributed by atoms with van der Waals surface area (Å²) >= 11 is 5.80. The van der Waals surface area contributed by atoms with Gasteiger partial charge in [-0.2, -0.15) is 5.10 Å². The normalized spacial score (nSPS) is 12.6. The molecule has 1 heterocycles. The third-order valence-corrected chi connectivity index (χ3v) is 3.14. The van der Waals surface area contributed by atoms with Crippen LogP contribution in [0.4, 0.5) is 4.39 Å². The van der Waals surface area contributed by atoms with Crippen LogP contribution >= 0.6 is 11.6 Å². The summed E-state index contributed by atoms with van der Waals surface area (Å²) in [6.07, 6.45) is 2.82. The Morgan fingerprint density at radius 1 is 1.42 bits per heavy atom. The fourth-order valence-corrected chi connectivity index (χ4v) is 2.14. The van der Waals surface area contributed by atoms with Gasteiger partial charge < -0.3 is 5.32 Å². The molecular formula is C14H17ClFN3. The van der Waals surface area contributed by atoms with Gasteiger partial charge >= 0.3 is 0 Å². The molecule has 19 heavy (non-hydrogen) atoms. The Kier molecular flexibility index (Phi) is 4.56. The van der Waals surface area contributed by atoms with Gasteiger partial charge in [-0.3, -0.25) is 4.68 Å². The highest BCUT2D eigenvalue weighted by Crippen LogP contribution is 2.25. The maximum absolute atomic E-state index is 14.1. The van der Waals surface area contributed by atoms with E-state index < -0.39 is 0 Å². The SMILES string of the molecule is CCCNC(c1ccn(C)n1)c1ccc(Cl)cc1F. The van der Waals surface area contributed by atoms with E-state index in [0.717, 1.165) is 18.7 Å². The Morgan fingerprint density at radius 2 is 2.21 bits per heavy atom. The van der Waals surface area contributed by atoms with Gasteiger partial charge in [0.2, 0.25) is 0 Å². The molecule has 1 aromatic carbocycles. The molecule has 1 unspecified atom stereocenters. The van der Waals surface area contributed by atoms with Crippen molar-refractivity contribution in [3.63, 3.8) is 0 Å². The van der Waals surface area contributed by atoms with Gasteiger partial charge in [0.15, 0.2) is 0 Å². The van der Waals surface area contributed by atoms with E-state index in [2.05, 4.69) is 17.3 Å². The van der Waals surface area contributed by atoms with Crippen molar-refractivity contribution in [1.82, 2.24) is 15.1 Å². The van der Waals surface area contributed by atoms with Crippen LogP contribution in [0.2, 0.25) is 5.02 Å². The first-order valence-electron chi connectivity index (χ1n) is 6.29. The molecule has 0 aliphatic carbocycles. The van der Waals surface area contributed by atoms with Crippen LogP contribution in [0.5, 0.6) is 0 Å². The van der Waals surface area contributed by atoms with Crippen LogP contribution in [0.1, 0.15) is 30.6 Å². The van der Waals surface area contributed by atoms with Crippen molar-refractivity contribution in [1.29, 1.82) is 0 Å². The first-order chi connectivity index (χ1) is 9.11. The second kappa shape index (κ2) is 6.17. The zero-order valence-electron chi connectivity index (χ0n) is 11.0. The lowest BCUT2D eigenvalue weighted by atomic mass is 10.0. The van der Waals surface area contributed by atoms with Crippen molar-refractivity contribution >= 4 is 11.6 Å². The minimum atomic E-state index is -0.313. The summed E-state index contributed by atoms with van der Waals surface area (Å²) in [5.74, 6) is -0.313. The summed E-state index contributed by atoms with van der Waals surface area (Å²) in [5.41, 5.74) is 1.37. The zero-order valence-corrected chi connectivity index (χ0v) is 11.8. The number of aryl methyl sites for hydroxylation is 1. The van der Waals surface area contributed by atoms with Crippen molar-refractivity contribution in [2.75, 3.05) is 6.54 Å². The molecule has 0 radical (unpaired) electrons. The van der Waals surface area contributed by atoms with E-state index in [1.807, 2.05) is 19.3 Å². The summed E-state index contributed by atoms with van der Waals surface area (Å²) in [7, 11) is 1.85. The highest BCUT2D eigenvalue weighted by molar-refractivity contribution is 6.30. The minimum absolute atomic E-state index is 0.251. The highest BCUT2D eigenvalue weighted by Gasteiger charge is 2.19. The van der Waals surface area contributed by atoms with Crippen molar-refractivity contribution in [2.45, 2.75) is 19.4 Å². The molecule has 0 saturated carbocycles. The molecule has 0 spiro atoms. The van der Waals surface area contributed by atoms with Crippen LogP contribution in [0.3, 0.4) is 0 Å². The van der Waals surface area contributed by atoms with E-state index in [1.54, 1.807) is 16.8 Å². The summed E-state index contributed by atoms with van der Waals surface area (Å²) in [6.45, 7) is 2.87. The number of aromatic nitrogens is 2. The van der Waals surface area contributed by atoms with Crippen LogP contribution in [-0.4, -0.2) is 16.3 Å². The molecule has 1 atom stereocenters. The Labute approximate surface area is 117 Å². The van der Waals surface area contributed by atoms with Crippen LogP contribution in [0, 0.1) is 5.82 Å². The zero-order chi connectivity index (χ0) is 13.8. The Bertz CT molecular complexity index is 553. The van der Waals surface area contributed by atoms with Gasteiger partial charge in [0.05, 0.1) is 11.7 Å². The topological polar surface area (TPSA) is 29.9 Å². The van der Waals surface area contributed by atoms with E-state index in [1.165, 1.54) is 6.07 Å². The van der Waals surface area contributed by atoms with Crippen LogP contribution in [0.25, 0.3) is 0 Å². The molecule has 0 aliphatic rings. The molecule has 5 heteroatoms. The van der Waals surface area contributed by atoms with Gasteiger partial charge in [-0.1, -0.05) is 24.6 Å². The van der Waals surface area contributed by atoms with Gasteiger partial charge in [0.1, 0.15) is 5.82 Å². The standard InChI is InChI=1S/C14H17ClFN3/c1-3-7-17-14(13-6-8-19(2)18-13)11-5-4-10(15)9-12(11)16/h4-6,8-9,14,17H,3,7H2,1-2H3. The molecule has 102 valence electrons. The molecule has 2 rings (SSSR count). The average Bonchev–Trinajstić information content (AvgIpc) is 2.78. The number of hydrogen-bond donors (Lipinski definition) is 1. The summed E-state index contributed by atoms with van der Waals surface area (Å²) in [4.78, 5) is 0. The molecular weight excluding hydrogens is 265 g/mol. The van der Waals surface area contributed by atoms with Crippen LogP contribution < -0.4 is 5.32 Å². The maximum atomic E-state index is 14.1. The highest BCUT2D eigenvalue weighted by atomic mass is 35.5. The number of benzene rings is 1. The largest absolute Gasteiger partial charge is 0.305 e. The number of hydrogen-bond acceptors (Lipinski definition) is 2. The van der Waals surface area contributed by atoms with Gasteiger partial charge in [0.25, 0.3) is 0 Å². The lowest BCUT2D eigenvalue weighted by Gasteiger charge is -2.17. The predicted molar refractivity (Wildman–Crippen MR) is 74.8 cm³/mol. The molecule has 3 nitrogen and oxygen atoms in total.